The molecular formula is C20H26O8. The molecule has 0 aromatic heterocycles. The maximum atomic E-state index is 12.7. The maximum Gasteiger partial charge on any atom is 0.302 e. The van der Waals surface area contributed by atoms with Crippen molar-refractivity contribution in [3.8, 4) is 0 Å². The number of carbonyl (C=O) groups excluding carboxylic acids is 3. The summed E-state index contributed by atoms with van der Waals surface area (Å²) in [5.41, 5.74) is -2.30. The van der Waals surface area contributed by atoms with Crippen molar-refractivity contribution >= 4 is 17.7 Å². The summed E-state index contributed by atoms with van der Waals surface area (Å²) < 4.78 is 23.1. The molecule has 0 aromatic rings. The van der Waals surface area contributed by atoms with Gasteiger partial charge in [-0.25, -0.2) is 0 Å². The van der Waals surface area contributed by atoms with Crippen molar-refractivity contribution in [2.75, 3.05) is 13.2 Å². The van der Waals surface area contributed by atoms with Gasteiger partial charge in [0.05, 0.1) is 18.1 Å². The molecule has 2 aliphatic heterocycles. The van der Waals surface area contributed by atoms with E-state index in [-0.39, 0.29) is 6.61 Å². The van der Waals surface area contributed by atoms with Crippen molar-refractivity contribution in [2.45, 2.75) is 70.6 Å². The molecule has 28 heavy (non-hydrogen) atoms. The van der Waals surface area contributed by atoms with E-state index in [0.717, 1.165) is 0 Å². The van der Waals surface area contributed by atoms with Crippen LogP contribution in [0, 0.1) is 10.8 Å². The van der Waals surface area contributed by atoms with Crippen molar-refractivity contribution in [2.24, 2.45) is 10.8 Å². The Hall–Kier alpha value is -1.77. The second kappa shape index (κ2) is 6.11. The normalized spacial score (nSPS) is 46.5. The van der Waals surface area contributed by atoms with Gasteiger partial charge in [0.25, 0.3) is 0 Å². The van der Waals surface area contributed by atoms with E-state index >= 15 is 0 Å². The van der Waals surface area contributed by atoms with Crippen LogP contribution in [-0.2, 0) is 33.3 Å². The minimum Gasteiger partial charge on any atom is -0.465 e. The summed E-state index contributed by atoms with van der Waals surface area (Å²) in [5, 5.41) is 11.2. The summed E-state index contributed by atoms with van der Waals surface area (Å²) in [5.74, 6) is -1.29. The Morgan fingerprint density at radius 2 is 2.00 bits per heavy atom. The van der Waals surface area contributed by atoms with E-state index < -0.39 is 58.6 Å². The molecule has 0 radical (unpaired) electrons. The summed E-state index contributed by atoms with van der Waals surface area (Å²) in [6, 6.07) is 0. The first-order valence-electron chi connectivity index (χ1n) is 9.60. The molecule has 1 spiro atoms. The number of carbonyl (C=O) groups is 3. The van der Waals surface area contributed by atoms with E-state index in [4.69, 9.17) is 18.9 Å². The molecule has 0 unspecified atom stereocenters. The number of fused-ring (bicyclic) bond motifs is 2. The highest BCUT2D eigenvalue weighted by molar-refractivity contribution is 6.00. The largest absolute Gasteiger partial charge is 0.465 e. The minimum atomic E-state index is -1.39. The van der Waals surface area contributed by atoms with Crippen molar-refractivity contribution in [1.29, 1.82) is 0 Å². The van der Waals surface area contributed by atoms with E-state index in [0.29, 0.717) is 25.0 Å². The number of aliphatic hydroxyl groups is 1. The van der Waals surface area contributed by atoms with Crippen LogP contribution in [0.5, 0.6) is 0 Å². The summed E-state index contributed by atoms with van der Waals surface area (Å²) in [4.78, 5) is 35.9. The molecule has 8 nitrogen and oxygen atoms in total. The van der Waals surface area contributed by atoms with E-state index in [1.54, 1.807) is 13.0 Å². The lowest BCUT2D eigenvalue weighted by molar-refractivity contribution is -0.302. The summed E-state index contributed by atoms with van der Waals surface area (Å²) in [6.07, 6.45) is -0.334. The number of hydrogen-bond donors (Lipinski definition) is 1. The number of hydrogen-bond acceptors (Lipinski definition) is 8. The van der Waals surface area contributed by atoms with Crippen LogP contribution in [0.4, 0.5) is 0 Å². The van der Waals surface area contributed by atoms with Gasteiger partial charge in [0.2, 0.25) is 0 Å². The van der Waals surface area contributed by atoms with E-state index in [1.807, 2.05) is 6.92 Å². The number of rotatable bonds is 3. The van der Waals surface area contributed by atoms with Gasteiger partial charge in [0, 0.05) is 19.3 Å². The monoisotopic (exact) mass is 394 g/mol. The summed E-state index contributed by atoms with van der Waals surface area (Å²) in [7, 11) is 0. The number of Topliss-reactive ketones (excluding diaryl/α,β-unsaturated/α-hetero) is 1. The number of epoxide rings is 1. The van der Waals surface area contributed by atoms with Crippen LogP contribution in [0.3, 0.4) is 0 Å². The fourth-order valence-electron chi connectivity index (χ4n) is 5.67. The number of esters is 2. The third-order valence-electron chi connectivity index (χ3n) is 7.30. The Bertz CT molecular complexity index is 768. The minimum absolute atomic E-state index is 0.156. The Morgan fingerprint density at radius 3 is 2.57 bits per heavy atom. The van der Waals surface area contributed by atoms with E-state index in [2.05, 4.69) is 0 Å². The molecule has 1 saturated carbocycles. The lowest BCUT2D eigenvalue weighted by Crippen LogP contribution is -2.76. The first-order chi connectivity index (χ1) is 13.1. The highest BCUT2D eigenvalue weighted by atomic mass is 16.6. The Balaban J connectivity index is 1.84. The zero-order valence-corrected chi connectivity index (χ0v) is 16.5. The number of aliphatic hydroxyl groups excluding tert-OH is 1. The first-order valence-corrected chi connectivity index (χ1v) is 9.60. The van der Waals surface area contributed by atoms with E-state index in [1.165, 1.54) is 13.8 Å². The van der Waals surface area contributed by atoms with Gasteiger partial charge in [-0.2, -0.15) is 0 Å². The Kier molecular flexibility index (Phi) is 4.27. The van der Waals surface area contributed by atoms with Gasteiger partial charge in [-0.3, -0.25) is 14.4 Å². The molecule has 3 fully saturated rings. The number of ether oxygens (including phenoxy) is 4. The van der Waals surface area contributed by atoms with Gasteiger partial charge in [-0.1, -0.05) is 6.92 Å². The Labute approximate surface area is 163 Å². The average molecular weight is 394 g/mol. The molecule has 7 atom stereocenters. The highest BCUT2D eigenvalue weighted by Gasteiger charge is 2.81. The van der Waals surface area contributed by atoms with Crippen molar-refractivity contribution in [1.82, 2.24) is 0 Å². The average Bonchev–Trinajstić information content (AvgIpc) is 3.40. The molecule has 2 heterocycles. The molecule has 2 saturated heterocycles. The smallest absolute Gasteiger partial charge is 0.302 e. The molecule has 0 aromatic carbocycles. The first kappa shape index (κ1) is 19.5. The van der Waals surface area contributed by atoms with Gasteiger partial charge in [-0.05, 0) is 31.4 Å². The number of ketones is 1. The van der Waals surface area contributed by atoms with Crippen LogP contribution in [-0.4, -0.2) is 66.1 Å². The van der Waals surface area contributed by atoms with Crippen LogP contribution in [0.1, 0.15) is 40.5 Å². The third-order valence-corrected chi connectivity index (χ3v) is 7.30. The van der Waals surface area contributed by atoms with Crippen LogP contribution in [0.15, 0.2) is 11.6 Å². The van der Waals surface area contributed by atoms with Gasteiger partial charge in [0.1, 0.15) is 30.5 Å². The molecule has 2 aliphatic carbocycles. The standard InChI is InChI=1S/C20H26O8/c1-10-7-14-19(8-25-11(2)21,16(24)15(10)23)18(4)6-5-13(27-12(3)22)17(28-14)20(18)9-26-20/h7,13-14,16-17,24H,5-6,8-9H2,1-4H3/t13-,14-,16-,17-,18-,19-,20-/m1/s1. The molecule has 8 heteroatoms. The molecule has 154 valence electrons. The zero-order valence-electron chi connectivity index (χ0n) is 16.5. The lowest BCUT2D eigenvalue weighted by atomic mass is 9.45. The van der Waals surface area contributed by atoms with Crippen molar-refractivity contribution < 1.29 is 38.4 Å². The van der Waals surface area contributed by atoms with Crippen LogP contribution in [0.2, 0.25) is 0 Å². The fourth-order valence-corrected chi connectivity index (χ4v) is 5.67. The second-order valence-electron chi connectivity index (χ2n) is 8.61. The van der Waals surface area contributed by atoms with E-state index in [9.17, 15) is 19.5 Å². The fraction of sp³-hybridized carbons (Fsp3) is 0.750. The summed E-state index contributed by atoms with van der Waals surface area (Å²) in [6.45, 7) is 6.44. The highest BCUT2D eigenvalue weighted by Crippen LogP contribution is 2.69. The van der Waals surface area contributed by atoms with Gasteiger partial charge in [0.15, 0.2) is 5.78 Å². The van der Waals surface area contributed by atoms with Crippen LogP contribution in [0.25, 0.3) is 0 Å². The van der Waals surface area contributed by atoms with Gasteiger partial charge < -0.3 is 24.1 Å². The molecule has 4 aliphatic rings. The zero-order chi connectivity index (χ0) is 20.5. The molecule has 0 amide bonds. The predicted molar refractivity (Wildman–Crippen MR) is 94.1 cm³/mol. The quantitative estimate of drug-likeness (QED) is 0.550. The van der Waals surface area contributed by atoms with Gasteiger partial charge >= 0.3 is 11.9 Å². The second-order valence-corrected chi connectivity index (χ2v) is 8.61. The van der Waals surface area contributed by atoms with Crippen LogP contribution >= 0.6 is 0 Å². The SMILES string of the molecule is CC(=O)OC[C@]12[C@H](O)C(=O)C(C)=C[C@H]1O[C@@H]1[C@H](OC(C)=O)CC[C@@]2(C)[C@@]12CO2. The molecule has 4 rings (SSSR count). The molecule has 2 bridgehead atoms. The topological polar surface area (TPSA) is 112 Å². The molecule has 1 N–H and O–H groups in total. The summed E-state index contributed by atoms with van der Waals surface area (Å²) >= 11 is 0. The third kappa shape index (κ3) is 2.31. The predicted octanol–water partition coefficient (Wildman–Crippen LogP) is 0.694. The maximum absolute atomic E-state index is 12.7. The van der Waals surface area contributed by atoms with Crippen molar-refractivity contribution in [3.63, 3.8) is 0 Å². The Morgan fingerprint density at radius 1 is 1.32 bits per heavy atom. The lowest BCUT2D eigenvalue weighted by Gasteiger charge is -2.65. The van der Waals surface area contributed by atoms with Gasteiger partial charge in [-0.15, -0.1) is 0 Å². The van der Waals surface area contributed by atoms with Crippen molar-refractivity contribution in [3.05, 3.63) is 11.6 Å². The van der Waals surface area contributed by atoms with Crippen LogP contribution < -0.4 is 0 Å². The molecular weight excluding hydrogens is 368 g/mol.